The van der Waals surface area contributed by atoms with E-state index in [1.807, 2.05) is 12.3 Å². The Balaban J connectivity index is 1.34. The van der Waals surface area contributed by atoms with Gasteiger partial charge in [0.25, 0.3) is 0 Å². The Labute approximate surface area is 187 Å². The molecule has 2 aromatic heterocycles. The standard InChI is InChI=1S/C24H17F2N3S2/c1-14-20-4-2-15(8-16(20)12-28-14)23-6-7-24(30-23)17-9-18(13-27-11-17)29-31-19-3-5-21(25)22(26)10-19/h2-11,13,28-29H,1,12H2. The number of aromatic nitrogens is 1. The van der Waals surface area contributed by atoms with Gasteiger partial charge in [-0.05, 0) is 65.5 Å². The summed E-state index contributed by atoms with van der Waals surface area (Å²) in [6.45, 7) is 4.85. The van der Waals surface area contributed by atoms with Gasteiger partial charge < -0.3 is 10.0 Å². The minimum absolute atomic E-state index is 0.580. The Hall–Kier alpha value is -3.16. The van der Waals surface area contributed by atoms with Crippen LogP contribution in [0.2, 0.25) is 0 Å². The summed E-state index contributed by atoms with van der Waals surface area (Å²) in [6, 6.07) is 16.5. The molecule has 0 amide bonds. The minimum atomic E-state index is -0.864. The maximum absolute atomic E-state index is 13.4. The monoisotopic (exact) mass is 449 g/mol. The predicted molar refractivity (Wildman–Crippen MR) is 125 cm³/mol. The molecule has 7 heteroatoms. The van der Waals surface area contributed by atoms with Gasteiger partial charge in [0, 0.05) is 44.2 Å². The SMILES string of the molecule is C=C1NCc2cc(-c3ccc(-c4cncc(NSc5ccc(F)c(F)c5)c4)s3)ccc21. The molecule has 3 heterocycles. The molecule has 0 unspecified atom stereocenters. The van der Waals surface area contributed by atoms with E-state index in [0.717, 1.165) is 40.5 Å². The number of nitrogens with one attached hydrogen (secondary N) is 2. The molecule has 31 heavy (non-hydrogen) atoms. The van der Waals surface area contributed by atoms with E-state index in [0.29, 0.717) is 4.90 Å². The number of benzene rings is 2. The molecule has 0 saturated heterocycles. The number of hydrogen-bond acceptors (Lipinski definition) is 5. The largest absolute Gasteiger partial charge is 0.381 e. The van der Waals surface area contributed by atoms with Crippen LogP contribution in [0.1, 0.15) is 11.1 Å². The fourth-order valence-corrected chi connectivity index (χ4v) is 5.05. The quantitative estimate of drug-likeness (QED) is 0.323. The Morgan fingerprint density at radius 2 is 1.77 bits per heavy atom. The van der Waals surface area contributed by atoms with E-state index in [-0.39, 0.29) is 0 Å². The molecule has 3 nitrogen and oxygen atoms in total. The first-order chi connectivity index (χ1) is 15.1. The highest BCUT2D eigenvalue weighted by Gasteiger charge is 2.15. The van der Waals surface area contributed by atoms with Crippen molar-refractivity contribution in [2.45, 2.75) is 11.4 Å². The van der Waals surface area contributed by atoms with Gasteiger partial charge in [-0.2, -0.15) is 0 Å². The molecular formula is C24H17F2N3S2. The molecule has 4 aromatic rings. The smallest absolute Gasteiger partial charge is 0.160 e. The Kier molecular flexibility index (Phi) is 5.21. The normalized spacial score (nSPS) is 12.5. The average Bonchev–Trinajstić information content (AvgIpc) is 3.42. The maximum Gasteiger partial charge on any atom is 0.160 e. The van der Waals surface area contributed by atoms with Crippen LogP contribution in [0.5, 0.6) is 0 Å². The molecule has 0 aliphatic carbocycles. The van der Waals surface area contributed by atoms with E-state index in [4.69, 9.17) is 0 Å². The lowest BCUT2D eigenvalue weighted by Crippen LogP contribution is -1.98. The molecule has 5 rings (SSSR count). The summed E-state index contributed by atoms with van der Waals surface area (Å²) in [5.41, 5.74) is 6.38. The predicted octanol–water partition coefficient (Wildman–Crippen LogP) is 6.95. The summed E-state index contributed by atoms with van der Waals surface area (Å²) in [5, 5.41) is 3.28. The van der Waals surface area contributed by atoms with Crippen molar-refractivity contribution < 1.29 is 8.78 Å². The van der Waals surface area contributed by atoms with Crippen molar-refractivity contribution in [3.63, 3.8) is 0 Å². The van der Waals surface area contributed by atoms with E-state index in [1.165, 1.54) is 39.6 Å². The zero-order valence-corrected chi connectivity index (χ0v) is 17.9. The second-order valence-corrected chi connectivity index (χ2v) is 9.07. The second kappa shape index (κ2) is 8.17. The Bertz CT molecular complexity index is 1300. The zero-order chi connectivity index (χ0) is 21.4. The maximum atomic E-state index is 13.4. The van der Waals surface area contributed by atoms with Gasteiger partial charge in [-0.3, -0.25) is 4.98 Å². The highest BCUT2D eigenvalue weighted by Crippen LogP contribution is 2.37. The summed E-state index contributed by atoms with van der Waals surface area (Å²) in [4.78, 5) is 7.19. The topological polar surface area (TPSA) is 37.0 Å². The minimum Gasteiger partial charge on any atom is -0.381 e. The van der Waals surface area contributed by atoms with E-state index in [9.17, 15) is 8.78 Å². The molecule has 0 saturated carbocycles. The van der Waals surface area contributed by atoms with Gasteiger partial charge in [0.05, 0.1) is 11.9 Å². The van der Waals surface area contributed by atoms with Crippen molar-refractivity contribution in [2.24, 2.45) is 0 Å². The molecule has 2 aromatic carbocycles. The van der Waals surface area contributed by atoms with Crippen molar-refractivity contribution >= 4 is 34.7 Å². The van der Waals surface area contributed by atoms with Gasteiger partial charge >= 0.3 is 0 Å². The Morgan fingerprint density at radius 1 is 0.935 bits per heavy atom. The van der Waals surface area contributed by atoms with Gasteiger partial charge in [0.1, 0.15) is 0 Å². The number of nitrogens with zero attached hydrogens (tertiary/aromatic N) is 1. The number of hydrogen-bond donors (Lipinski definition) is 2. The van der Waals surface area contributed by atoms with E-state index in [2.05, 4.69) is 51.9 Å². The molecule has 154 valence electrons. The summed E-state index contributed by atoms with van der Waals surface area (Å²) in [5.74, 6) is -1.72. The molecule has 0 radical (unpaired) electrons. The highest BCUT2D eigenvalue weighted by atomic mass is 32.2. The van der Waals surface area contributed by atoms with Crippen molar-refractivity contribution in [2.75, 3.05) is 4.72 Å². The third-order valence-electron chi connectivity index (χ3n) is 5.01. The van der Waals surface area contributed by atoms with Gasteiger partial charge in [-0.25, -0.2) is 8.78 Å². The summed E-state index contributed by atoms with van der Waals surface area (Å²) in [6.07, 6.45) is 3.52. The first-order valence-electron chi connectivity index (χ1n) is 9.56. The number of rotatable bonds is 5. The van der Waals surface area contributed by atoms with Crippen LogP contribution < -0.4 is 10.0 Å². The van der Waals surface area contributed by atoms with Crippen LogP contribution in [0.15, 0.2) is 78.5 Å². The van der Waals surface area contributed by atoms with Crippen LogP contribution in [0.4, 0.5) is 14.5 Å². The summed E-state index contributed by atoms with van der Waals surface area (Å²) >= 11 is 2.91. The van der Waals surface area contributed by atoms with Gasteiger partial charge in [-0.15, -0.1) is 11.3 Å². The zero-order valence-electron chi connectivity index (χ0n) is 16.3. The van der Waals surface area contributed by atoms with Crippen LogP contribution in [0.25, 0.3) is 26.6 Å². The van der Waals surface area contributed by atoms with Gasteiger partial charge in [-0.1, -0.05) is 18.7 Å². The van der Waals surface area contributed by atoms with Crippen LogP contribution in [-0.2, 0) is 6.54 Å². The van der Waals surface area contributed by atoms with Crippen molar-refractivity contribution in [3.05, 3.63) is 96.3 Å². The fourth-order valence-electron chi connectivity index (χ4n) is 3.42. The number of pyridine rings is 1. The summed E-state index contributed by atoms with van der Waals surface area (Å²) in [7, 11) is 0. The summed E-state index contributed by atoms with van der Waals surface area (Å²) < 4.78 is 29.6. The Morgan fingerprint density at radius 3 is 2.61 bits per heavy atom. The van der Waals surface area contributed by atoms with Crippen molar-refractivity contribution in [1.29, 1.82) is 0 Å². The number of fused-ring (bicyclic) bond motifs is 1. The molecule has 2 N–H and O–H groups in total. The molecule has 0 fully saturated rings. The molecule has 0 bridgehead atoms. The molecule has 1 aliphatic rings. The van der Waals surface area contributed by atoms with E-state index < -0.39 is 11.6 Å². The number of thiophene rings is 1. The molecular weight excluding hydrogens is 432 g/mol. The van der Waals surface area contributed by atoms with Gasteiger partial charge in [0.2, 0.25) is 0 Å². The van der Waals surface area contributed by atoms with Crippen molar-refractivity contribution in [1.82, 2.24) is 10.3 Å². The third-order valence-corrected chi connectivity index (χ3v) is 7.02. The fraction of sp³-hybridized carbons (Fsp3) is 0.0417. The lowest BCUT2D eigenvalue weighted by molar-refractivity contribution is 0.506. The lowest BCUT2D eigenvalue weighted by Gasteiger charge is -2.07. The van der Waals surface area contributed by atoms with Crippen LogP contribution in [0, 0.1) is 11.6 Å². The number of anilines is 1. The van der Waals surface area contributed by atoms with Crippen LogP contribution in [-0.4, -0.2) is 4.98 Å². The van der Waals surface area contributed by atoms with E-state index >= 15 is 0 Å². The number of halogens is 2. The second-order valence-electron chi connectivity index (χ2n) is 7.11. The van der Waals surface area contributed by atoms with E-state index in [1.54, 1.807) is 17.5 Å². The first kappa shape index (κ1) is 19.8. The van der Waals surface area contributed by atoms with Gasteiger partial charge in [0.15, 0.2) is 11.6 Å². The molecule has 0 atom stereocenters. The van der Waals surface area contributed by atoms with Crippen molar-refractivity contribution in [3.8, 4) is 20.9 Å². The lowest BCUT2D eigenvalue weighted by atomic mass is 10.0. The first-order valence-corrected chi connectivity index (χ1v) is 11.2. The molecule has 1 aliphatic heterocycles. The highest BCUT2D eigenvalue weighted by molar-refractivity contribution is 8.00. The van der Waals surface area contributed by atoms with Crippen LogP contribution in [0.3, 0.4) is 0 Å². The molecule has 0 spiro atoms. The van der Waals surface area contributed by atoms with Crippen LogP contribution >= 0.6 is 23.3 Å². The average molecular weight is 450 g/mol. The third kappa shape index (κ3) is 4.06.